The Bertz CT molecular complexity index is 1500. The van der Waals surface area contributed by atoms with Crippen LogP contribution in [0.4, 0.5) is 29.3 Å². The van der Waals surface area contributed by atoms with Gasteiger partial charge in [-0.25, -0.2) is 10.3 Å². The zero-order valence-electron chi connectivity index (χ0n) is 25.1. The van der Waals surface area contributed by atoms with Crippen molar-refractivity contribution < 1.29 is 27.5 Å². The van der Waals surface area contributed by atoms with Gasteiger partial charge < -0.3 is 15.8 Å². The number of hydrogen-bond acceptors (Lipinski definition) is 4. The maximum atomic E-state index is 13.9. The van der Waals surface area contributed by atoms with Crippen LogP contribution in [-0.2, 0) is 12.7 Å². The summed E-state index contributed by atoms with van der Waals surface area (Å²) in [5.41, 5.74) is 13.8. The number of carbonyl (C=O) groups excluding carboxylic acids is 2. The van der Waals surface area contributed by atoms with Gasteiger partial charge in [0.2, 0.25) is 5.96 Å². The normalized spacial score (nSPS) is 14.1. The lowest BCUT2D eigenvalue weighted by Crippen LogP contribution is -2.34. The summed E-state index contributed by atoms with van der Waals surface area (Å²) in [7, 11) is 0. The molecule has 0 atom stereocenters. The van der Waals surface area contributed by atoms with Gasteiger partial charge in [0, 0.05) is 16.9 Å². The summed E-state index contributed by atoms with van der Waals surface area (Å²) in [5, 5.41) is 5.53. The molecule has 1 aliphatic rings. The van der Waals surface area contributed by atoms with Crippen LogP contribution < -0.4 is 20.7 Å². The van der Waals surface area contributed by atoms with E-state index < -0.39 is 29.6 Å². The smallest absolute Gasteiger partial charge is 0.420 e. The van der Waals surface area contributed by atoms with Crippen LogP contribution in [0.1, 0.15) is 84.8 Å². The maximum absolute atomic E-state index is 13.9. The lowest BCUT2D eigenvalue weighted by atomic mass is 9.84. The highest BCUT2D eigenvalue weighted by atomic mass is 19.4. The molecule has 0 bridgehead atoms. The molecule has 0 unspecified atom stereocenters. The Kier molecular flexibility index (Phi) is 11.3. The molecule has 45 heavy (non-hydrogen) atoms. The summed E-state index contributed by atoms with van der Waals surface area (Å²) in [6.45, 7) is 2.12. The zero-order chi connectivity index (χ0) is 32.4. The molecule has 238 valence electrons. The molecule has 1 saturated carbocycles. The summed E-state index contributed by atoms with van der Waals surface area (Å²) in [5.74, 6) is -0.983. The second kappa shape index (κ2) is 15.3. The highest BCUT2D eigenvalue weighted by Gasteiger charge is 2.35. The molecule has 1 fully saturated rings. The molecule has 12 heteroatoms. The lowest BCUT2D eigenvalue weighted by Gasteiger charge is -2.26. The van der Waals surface area contributed by atoms with Gasteiger partial charge in [0.05, 0.1) is 18.7 Å². The molecule has 0 spiro atoms. The Morgan fingerprint density at radius 3 is 2.33 bits per heavy atom. The molecule has 4 N–H and O–H groups in total. The molecular formula is C33H37F3N6O3. The molecule has 0 aromatic heterocycles. The molecule has 4 rings (SSSR count). The number of halogens is 3. The first-order valence-electron chi connectivity index (χ1n) is 15.0. The molecule has 0 saturated heterocycles. The van der Waals surface area contributed by atoms with E-state index in [4.69, 9.17) is 16.0 Å². The second-order valence-electron chi connectivity index (χ2n) is 10.9. The van der Waals surface area contributed by atoms with Crippen molar-refractivity contribution in [2.75, 3.05) is 16.8 Å². The summed E-state index contributed by atoms with van der Waals surface area (Å²) in [6, 6.07) is 16.8. The van der Waals surface area contributed by atoms with Gasteiger partial charge >= 0.3 is 12.2 Å². The Hall–Kier alpha value is -4.74. The number of rotatable bonds is 10. The molecule has 3 aromatic carbocycles. The van der Waals surface area contributed by atoms with Gasteiger partial charge in [-0.2, -0.15) is 18.2 Å². The van der Waals surface area contributed by atoms with Crippen molar-refractivity contribution >= 4 is 29.3 Å². The number of anilines is 2. The number of carbonyl (C=O) groups is 2. The van der Waals surface area contributed by atoms with Crippen LogP contribution in [0.3, 0.4) is 0 Å². The van der Waals surface area contributed by atoms with E-state index in [0.29, 0.717) is 23.6 Å². The molecule has 0 heterocycles. The van der Waals surface area contributed by atoms with Gasteiger partial charge in [0.1, 0.15) is 5.75 Å². The van der Waals surface area contributed by atoms with Crippen molar-refractivity contribution in [1.82, 2.24) is 0 Å². The van der Waals surface area contributed by atoms with Crippen molar-refractivity contribution in [2.24, 2.45) is 15.8 Å². The van der Waals surface area contributed by atoms with Crippen LogP contribution in [0.2, 0.25) is 0 Å². The molecule has 3 aromatic rings. The van der Waals surface area contributed by atoms with Gasteiger partial charge in [0.15, 0.2) is 0 Å². The number of urea groups is 1. The number of nitrogens with two attached hydrogens (primary N) is 1. The van der Waals surface area contributed by atoms with Crippen molar-refractivity contribution in [3.63, 3.8) is 0 Å². The van der Waals surface area contributed by atoms with E-state index >= 15 is 0 Å². The fraction of sp³-hybridized carbons (Fsp3) is 0.364. The quantitative estimate of drug-likeness (QED) is 0.0903. The number of alkyl halides is 3. The Labute approximate surface area is 260 Å². The van der Waals surface area contributed by atoms with Crippen molar-refractivity contribution in [3.8, 4) is 5.75 Å². The number of ether oxygens (including phenoxy) is 1. The Morgan fingerprint density at radius 1 is 1.02 bits per heavy atom. The SMILES string of the molecule is CCCCOc1ccc(NC(=O)N(Cc2ccc(C(=O)N=C(N)N=N)cc2)c2ccc(C3CCCCC3)cc2)cc1C(F)(F)F. The van der Waals surface area contributed by atoms with E-state index in [9.17, 15) is 22.8 Å². The number of nitrogens with one attached hydrogen (secondary N) is 2. The van der Waals surface area contributed by atoms with Crippen molar-refractivity contribution in [3.05, 3.63) is 89.0 Å². The summed E-state index contributed by atoms with van der Waals surface area (Å²) >= 11 is 0. The zero-order valence-corrected chi connectivity index (χ0v) is 25.1. The minimum atomic E-state index is -4.68. The van der Waals surface area contributed by atoms with Crippen molar-refractivity contribution in [1.29, 1.82) is 5.53 Å². The maximum Gasteiger partial charge on any atom is 0.420 e. The highest BCUT2D eigenvalue weighted by Crippen LogP contribution is 2.38. The lowest BCUT2D eigenvalue weighted by molar-refractivity contribution is -0.138. The molecule has 9 nitrogen and oxygen atoms in total. The highest BCUT2D eigenvalue weighted by molar-refractivity contribution is 6.03. The van der Waals surface area contributed by atoms with Crippen LogP contribution in [0, 0.1) is 5.53 Å². The molecule has 0 aliphatic heterocycles. The Balaban J connectivity index is 1.60. The van der Waals surface area contributed by atoms with E-state index in [-0.39, 0.29) is 30.2 Å². The van der Waals surface area contributed by atoms with Gasteiger partial charge in [0.25, 0.3) is 5.91 Å². The van der Waals surface area contributed by atoms with Crippen LogP contribution in [0.25, 0.3) is 0 Å². The average molecular weight is 623 g/mol. The van der Waals surface area contributed by atoms with E-state index in [2.05, 4.69) is 15.4 Å². The van der Waals surface area contributed by atoms with E-state index in [1.165, 1.54) is 54.0 Å². The third-order valence-corrected chi connectivity index (χ3v) is 7.69. The molecular weight excluding hydrogens is 585 g/mol. The van der Waals surface area contributed by atoms with Gasteiger partial charge in [-0.05, 0) is 78.8 Å². The van der Waals surface area contributed by atoms with E-state index in [1.54, 1.807) is 12.1 Å². The predicted molar refractivity (Wildman–Crippen MR) is 167 cm³/mol. The third-order valence-electron chi connectivity index (χ3n) is 7.69. The number of aliphatic imine (C=N–C) groups is 1. The standard InChI is InChI=1S/C33H37F3N6O3/c1-2-3-19-45-29-18-15-26(20-28(29)33(34,35)36)39-32(44)42(27-16-13-24(14-17-27)23-7-5-4-6-8-23)21-22-9-11-25(12-10-22)30(43)40-31(37)41-38/h9-18,20,23,38H,2-8,19,21H2,1H3,(H,39,44)(H2,37,40,43). The fourth-order valence-corrected chi connectivity index (χ4v) is 5.24. The first kappa shape index (κ1) is 33.2. The minimum Gasteiger partial charge on any atom is -0.493 e. The van der Waals surface area contributed by atoms with Crippen LogP contribution in [0.5, 0.6) is 5.75 Å². The number of unbranched alkanes of at least 4 members (excludes halogenated alkanes) is 1. The van der Waals surface area contributed by atoms with Crippen molar-refractivity contribution in [2.45, 2.75) is 70.5 Å². The summed E-state index contributed by atoms with van der Waals surface area (Å²) in [4.78, 5) is 30.9. The number of hydrogen-bond donors (Lipinski definition) is 3. The number of amides is 3. The molecule has 3 amide bonds. The van der Waals surface area contributed by atoms with Crippen LogP contribution in [0.15, 0.2) is 76.8 Å². The summed E-state index contributed by atoms with van der Waals surface area (Å²) in [6.07, 6.45) is 2.51. The monoisotopic (exact) mass is 622 g/mol. The third kappa shape index (κ3) is 9.13. The van der Waals surface area contributed by atoms with E-state index in [1.807, 2.05) is 31.2 Å². The van der Waals surface area contributed by atoms with E-state index in [0.717, 1.165) is 25.3 Å². The Morgan fingerprint density at radius 2 is 1.71 bits per heavy atom. The largest absolute Gasteiger partial charge is 0.493 e. The summed E-state index contributed by atoms with van der Waals surface area (Å²) < 4.78 is 47.1. The fourth-order valence-electron chi connectivity index (χ4n) is 5.24. The van der Waals surface area contributed by atoms with Crippen LogP contribution in [-0.4, -0.2) is 24.5 Å². The predicted octanol–water partition coefficient (Wildman–Crippen LogP) is 8.66. The average Bonchev–Trinajstić information content (AvgIpc) is 3.04. The van der Waals surface area contributed by atoms with Gasteiger partial charge in [-0.15, -0.1) is 5.11 Å². The van der Waals surface area contributed by atoms with Gasteiger partial charge in [-0.3, -0.25) is 9.69 Å². The topological polar surface area (TPSA) is 133 Å². The molecule has 1 aliphatic carbocycles. The second-order valence-corrected chi connectivity index (χ2v) is 10.9. The number of nitrogens with zero attached hydrogens (tertiary/aromatic N) is 3. The minimum absolute atomic E-state index is 0.0322. The number of guanidine groups is 1. The molecule has 0 radical (unpaired) electrons. The number of benzene rings is 3. The first-order chi connectivity index (χ1) is 21.6. The van der Waals surface area contributed by atoms with Crippen LogP contribution >= 0.6 is 0 Å². The first-order valence-corrected chi connectivity index (χ1v) is 15.0. The van der Waals surface area contributed by atoms with Gasteiger partial charge in [-0.1, -0.05) is 56.9 Å².